The summed E-state index contributed by atoms with van der Waals surface area (Å²) in [5, 5.41) is 26.3. The summed E-state index contributed by atoms with van der Waals surface area (Å²) in [6.45, 7) is 9.82. The zero-order chi connectivity index (χ0) is 34.8. The van der Waals surface area contributed by atoms with Gasteiger partial charge in [0.25, 0.3) is 5.91 Å². The molecule has 5 rings (SSSR count). The van der Waals surface area contributed by atoms with Gasteiger partial charge in [0.2, 0.25) is 10.0 Å². The molecule has 5 aromatic rings. The predicted molar refractivity (Wildman–Crippen MR) is 185 cm³/mol. The van der Waals surface area contributed by atoms with Crippen molar-refractivity contribution in [3.8, 4) is 34.5 Å². The number of aryl methyl sites for hydroxylation is 1. The average Bonchev–Trinajstić information content (AvgIpc) is 3.69. The second kappa shape index (κ2) is 13.3. The highest BCUT2D eigenvalue weighted by molar-refractivity contribution is 7.92. The summed E-state index contributed by atoms with van der Waals surface area (Å²) >= 11 is 0. The lowest BCUT2D eigenvalue weighted by atomic mass is 9.86. The number of methoxy groups -OCH3 is 1. The first-order chi connectivity index (χ1) is 22.7. The van der Waals surface area contributed by atoms with Crippen LogP contribution in [0.15, 0.2) is 73.1 Å². The molecule has 0 bridgehead atoms. The van der Waals surface area contributed by atoms with Gasteiger partial charge < -0.3 is 10.1 Å². The van der Waals surface area contributed by atoms with E-state index in [4.69, 9.17) is 4.74 Å². The molecule has 12 nitrogen and oxygen atoms in total. The second-order valence-electron chi connectivity index (χ2n) is 12.5. The van der Waals surface area contributed by atoms with Crippen LogP contribution in [0.2, 0.25) is 0 Å². The number of nitriles is 1. The monoisotopic (exact) mass is 666 g/mol. The Morgan fingerprint density at radius 3 is 2.42 bits per heavy atom. The normalized spacial score (nSPS) is 12.3. The molecule has 0 saturated heterocycles. The summed E-state index contributed by atoms with van der Waals surface area (Å²) in [6.07, 6.45) is 5.09. The van der Waals surface area contributed by atoms with Crippen molar-refractivity contribution in [2.75, 3.05) is 23.4 Å². The Labute approximate surface area is 280 Å². The molecule has 3 aromatic carbocycles. The van der Waals surface area contributed by atoms with Gasteiger partial charge in [0, 0.05) is 11.1 Å². The molecule has 1 atom stereocenters. The van der Waals surface area contributed by atoms with Gasteiger partial charge in [-0.25, -0.2) is 17.8 Å². The third kappa shape index (κ3) is 7.08. The number of para-hydroxylation sites is 1. The number of aromatic nitrogens is 5. The van der Waals surface area contributed by atoms with Crippen LogP contribution in [0.3, 0.4) is 0 Å². The Morgan fingerprint density at radius 1 is 1.08 bits per heavy atom. The average molecular weight is 667 g/mol. The second-order valence-corrected chi connectivity index (χ2v) is 14.3. The topological polar surface area (TPSA) is 157 Å². The minimum Gasteiger partial charge on any atom is -0.492 e. The highest BCUT2D eigenvalue weighted by atomic mass is 32.2. The Morgan fingerprint density at radius 2 is 1.79 bits per heavy atom. The molecule has 0 saturated carbocycles. The van der Waals surface area contributed by atoms with E-state index < -0.39 is 21.8 Å². The number of hydrogen-bond acceptors (Lipinski definition) is 8. The molecule has 0 fully saturated rings. The first kappa shape index (κ1) is 33.9. The van der Waals surface area contributed by atoms with Crippen molar-refractivity contribution >= 4 is 27.3 Å². The van der Waals surface area contributed by atoms with E-state index in [2.05, 4.69) is 31.5 Å². The molecule has 1 unspecified atom stereocenters. The molecule has 2 aromatic heterocycles. The Hall–Kier alpha value is -5.48. The Kier molecular flexibility index (Phi) is 9.40. The van der Waals surface area contributed by atoms with Gasteiger partial charge in [-0.3, -0.25) is 9.52 Å². The number of rotatable bonds is 10. The fourth-order valence-corrected chi connectivity index (χ4v) is 5.91. The number of sulfonamides is 1. The van der Waals surface area contributed by atoms with E-state index in [1.807, 2.05) is 71.0 Å². The highest BCUT2D eigenvalue weighted by Crippen LogP contribution is 2.39. The molecular formula is C35H38N8O4S. The van der Waals surface area contributed by atoms with Crippen LogP contribution in [-0.2, 0) is 15.4 Å². The maximum atomic E-state index is 13.7. The number of amides is 1. The molecule has 0 aliphatic carbocycles. The number of anilines is 2. The van der Waals surface area contributed by atoms with Crippen LogP contribution in [0.25, 0.3) is 22.6 Å². The Balaban J connectivity index is 1.51. The largest absolute Gasteiger partial charge is 0.492 e. The van der Waals surface area contributed by atoms with Crippen molar-refractivity contribution in [3.05, 3.63) is 95.4 Å². The number of nitrogens with one attached hydrogen (secondary N) is 2. The SMILES string of the molecule is CCC(C#N)c1c(-c2cn(-c3cc(C(=O)Nc4cc(C(C)(C)C)cc(NS(C)(=O)=O)c4OC)ccc3C)nn2)cnn1-c1ccccc1. The van der Waals surface area contributed by atoms with E-state index in [0.29, 0.717) is 34.6 Å². The van der Waals surface area contributed by atoms with Crippen molar-refractivity contribution in [2.45, 2.75) is 52.4 Å². The molecule has 0 radical (unpaired) electrons. The third-order valence-corrected chi connectivity index (χ3v) is 8.48. The van der Waals surface area contributed by atoms with Crippen LogP contribution in [0.1, 0.15) is 67.2 Å². The van der Waals surface area contributed by atoms with E-state index >= 15 is 0 Å². The minimum atomic E-state index is -3.63. The van der Waals surface area contributed by atoms with Crippen LogP contribution < -0.4 is 14.8 Å². The maximum absolute atomic E-state index is 13.7. The fraction of sp³-hybridized carbons (Fsp3) is 0.286. The lowest BCUT2D eigenvalue weighted by Gasteiger charge is -2.24. The molecule has 0 aliphatic rings. The van der Waals surface area contributed by atoms with Gasteiger partial charge in [-0.1, -0.05) is 57.2 Å². The van der Waals surface area contributed by atoms with E-state index in [-0.39, 0.29) is 16.9 Å². The number of carbonyl (C=O) groups is 1. The van der Waals surface area contributed by atoms with Crippen molar-refractivity contribution in [1.82, 2.24) is 24.8 Å². The van der Waals surface area contributed by atoms with Gasteiger partial charge in [-0.05, 0) is 66.3 Å². The molecule has 248 valence electrons. The first-order valence-corrected chi connectivity index (χ1v) is 17.2. The van der Waals surface area contributed by atoms with Crippen LogP contribution in [-0.4, -0.2) is 52.5 Å². The molecule has 1 amide bonds. The lowest BCUT2D eigenvalue weighted by Crippen LogP contribution is -2.18. The number of hydrogen-bond donors (Lipinski definition) is 2. The molecular weight excluding hydrogens is 629 g/mol. The van der Waals surface area contributed by atoms with Crippen molar-refractivity contribution < 1.29 is 17.9 Å². The van der Waals surface area contributed by atoms with Crippen molar-refractivity contribution in [3.63, 3.8) is 0 Å². The molecule has 48 heavy (non-hydrogen) atoms. The Bertz CT molecular complexity index is 2120. The lowest BCUT2D eigenvalue weighted by molar-refractivity contribution is 0.102. The molecule has 0 aliphatic heterocycles. The van der Waals surface area contributed by atoms with Gasteiger partial charge in [0.15, 0.2) is 5.75 Å². The van der Waals surface area contributed by atoms with Crippen molar-refractivity contribution in [1.29, 1.82) is 5.26 Å². The standard InChI is InChI=1S/C35H38N8O4S/c1-8-23(19-36)32-27(20-37-43(32)26-12-10-9-11-13-26)30-21-42(41-39-30)31-16-24(15-14-22(31)2)34(44)38-28-17-25(35(3,4)5)18-29(33(28)47-6)40-48(7,45)46/h9-18,20-21,23,40H,8H2,1-7H3,(H,38,44). The summed E-state index contributed by atoms with van der Waals surface area (Å²) in [7, 11) is -2.22. The number of benzene rings is 3. The molecule has 2 N–H and O–H groups in total. The predicted octanol–water partition coefficient (Wildman–Crippen LogP) is 6.38. The zero-order valence-corrected chi connectivity index (χ0v) is 28.8. The molecule has 0 spiro atoms. The van der Waals surface area contributed by atoms with Gasteiger partial charge >= 0.3 is 0 Å². The minimum absolute atomic E-state index is 0.185. The van der Waals surface area contributed by atoms with Gasteiger partial charge in [0.1, 0.15) is 5.69 Å². The van der Waals surface area contributed by atoms with Crippen LogP contribution in [0.5, 0.6) is 5.75 Å². The number of nitrogens with zero attached hydrogens (tertiary/aromatic N) is 6. The van der Waals surface area contributed by atoms with Crippen LogP contribution in [0, 0.1) is 18.3 Å². The van der Waals surface area contributed by atoms with E-state index in [1.54, 1.807) is 46.0 Å². The first-order valence-electron chi connectivity index (χ1n) is 15.3. The summed E-state index contributed by atoms with van der Waals surface area (Å²) in [5.74, 6) is -0.675. The smallest absolute Gasteiger partial charge is 0.255 e. The quantitative estimate of drug-likeness (QED) is 0.174. The fourth-order valence-electron chi connectivity index (χ4n) is 5.36. The zero-order valence-electron chi connectivity index (χ0n) is 27.9. The van der Waals surface area contributed by atoms with Gasteiger partial charge in [0.05, 0.1) is 66.2 Å². The summed E-state index contributed by atoms with van der Waals surface area (Å²) < 4.78 is 35.7. The van der Waals surface area contributed by atoms with Gasteiger partial charge in [-0.15, -0.1) is 5.10 Å². The van der Waals surface area contributed by atoms with Crippen LogP contribution >= 0.6 is 0 Å². The number of ether oxygens (including phenoxy) is 1. The summed E-state index contributed by atoms with van der Waals surface area (Å²) in [5.41, 5.74) is 5.55. The number of carbonyl (C=O) groups excluding carboxylic acids is 1. The van der Waals surface area contributed by atoms with E-state index in [0.717, 1.165) is 28.8 Å². The maximum Gasteiger partial charge on any atom is 0.255 e. The van der Waals surface area contributed by atoms with E-state index in [1.165, 1.54) is 7.11 Å². The van der Waals surface area contributed by atoms with E-state index in [9.17, 15) is 18.5 Å². The summed E-state index contributed by atoms with van der Waals surface area (Å²) in [4.78, 5) is 13.7. The molecule has 2 heterocycles. The summed E-state index contributed by atoms with van der Waals surface area (Å²) in [6, 6.07) is 20.7. The van der Waals surface area contributed by atoms with Gasteiger partial charge in [-0.2, -0.15) is 10.4 Å². The molecule has 13 heteroatoms. The third-order valence-electron chi connectivity index (χ3n) is 7.89. The van der Waals surface area contributed by atoms with Crippen LogP contribution in [0.4, 0.5) is 11.4 Å². The van der Waals surface area contributed by atoms with Crippen molar-refractivity contribution in [2.24, 2.45) is 0 Å². The highest BCUT2D eigenvalue weighted by Gasteiger charge is 2.25.